The second kappa shape index (κ2) is 11.9. The molecule has 0 spiro atoms. The van der Waals surface area contributed by atoms with Gasteiger partial charge in [-0.05, 0) is 61.3 Å². The summed E-state index contributed by atoms with van der Waals surface area (Å²) >= 11 is 0. The number of halogens is 1. The van der Waals surface area contributed by atoms with Gasteiger partial charge < -0.3 is 14.5 Å². The summed E-state index contributed by atoms with van der Waals surface area (Å²) in [5.74, 6) is 2.31. The number of hydrogen-bond acceptors (Lipinski definition) is 5. The molecule has 1 aromatic heterocycles. The zero-order valence-corrected chi connectivity index (χ0v) is 22.4. The molecule has 0 amide bonds. The van der Waals surface area contributed by atoms with E-state index in [1.54, 1.807) is 7.11 Å². The van der Waals surface area contributed by atoms with Gasteiger partial charge in [0.15, 0.2) is 0 Å². The van der Waals surface area contributed by atoms with Crippen molar-refractivity contribution < 1.29 is 9.13 Å². The lowest BCUT2D eigenvalue weighted by atomic mass is 10.1. The Balaban J connectivity index is 1.70. The molecule has 3 aromatic rings. The van der Waals surface area contributed by atoms with E-state index in [-0.39, 0.29) is 5.82 Å². The first-order valence-corrected chi connectivity index (χ1v) is 13.0. The second-order valence-electron chi connectivity index (χ2n) is 10.1. The van der Waals surface area contributed by atoms with E-state index in [0.717, 1.165) is 75.3 Å². The van der Waals surface area contributed by atoms with Gasteiger partial charge in [-0.3, -0.25) is 4.90 Å². The molecular formula is C29H40FN5O. The molecule has 2 aromatic carbocycles. The molecule has 4 rings (SSSR count). The Hall–Kier alpha value is -2.90. The van der Waals surface area contributed by atoms with Gasteiger partial charge in [0.25, 0.3) is 0 Å². The molecule has 1 aliphatic rings. The van der Waals surface area contributed by atoms with Crippen LogP contribution in [0.15, 0.2) is 48.5 Å². The minimum Gasteiger partial charge on any atom is -0.497 e. The average molecular weight is 494 g/mol. The second-order valence-corrected chi connectivity index (χ2v) is 10.1. The maximum atomic E-state index is 13.7. The standard InChI is InChI=1S/C29H40FN5O/c1-6-32-14-16-34(17-15-32)29-28(23(4)31-35(29)26-12-10-25(30)11-13-26)21-33(19-22(2)3)20-24-8-7-9-27(18-24)36-5/h7-13,18,22H,6,14-17,19-21H2,1-5H3. The lowest BCUT2D eigenvalue weighted by Gasteiger charge is -2.36. The highest BCUT2D eigenvalue weighted by Gasteiger charge is 2.26. The fraction of sp³-hybridized carbons (Fsp3) is 0.483. The first-order valence-electron chi connectivity index (χ1n) is 13.0. The first-order chi connectivity index (χ1) is 17.4. The van der Waals surface area contributed by atoms with Crippen LogP contribution in [-0.4, -0.2) is 66.0 Å². The lowest BCUT2D eigenvalue weighted by Crippen LogP contribution is -2.47. The van der Waals surface area contributed by atoms with Crippen molar-refractivity contribution >= 4 is 5.82 Å². The summed E-state index contributed by atoms with van der Waals surface area (Å²) in [6.07, 6.45) is 0. The molecule has 0 radical (unpaired) electrons. The van der Waals surface area contributed by atoms with Crippen molar-refractivity contribution in [1.82, 2.24) is 19.6 Å². The van der Waals surface area contributed by atoms with Crippen molar-refractivity contribution in [3.8, 4) is 11.4 Å². The Morgan fingerprint density at radius 3 is 2.39 bits per heavy atom. The average Bonchev–Trinajstić information content (AvgIpc) is 3.19. The SMILES string of the molecule is CCN1CCN(c2c(CN(Cc3cccc(OC)c3)CC(C)C)c(C)nn2-c2ccc(F)cc2)CC1. The monoisotopic (exact) mass is 493 g/mol. The molecule has 0 saturated carbocycles. The molecule has 1 fully saturated rings. The van der Waals surface area contributed by atoms with E-state index in [1.807, 2.05) is 22.9 Å². The van der Waals surface area contributed by atoms with E-state index in [2.05, 4.69) is 60.6 Å². The van der Waals surface area contributed by atoms with E-state index < -0.39 is 0 Å². The quantitative estimate of drug-likeness (QED) is 0.391. The number of piperazine rings is 1. The van der Waals surface area contributed by atoms with Crippen LogP contribution >= 0.6 is 0 Å². The zero-order valence-electron chi connectivity index (χ0n) is 22.4. The molecule has 0 N–H and O–H groups in total. The number of ether oxygens (including phenoxy) is 1. The molecule has 1 aliphatic heterocycles. The highest BCUT2D eigenvalue weighted by molar-refractivity contribution is 5.56. The van der Waals surface area contributed by atoms with Crippen LogP contribution < -0.4 is 9.64 Å². The van der Waals surface area contributed by atoms with Crippen LogP contribution in [0.25, 0.3) is 5.69 Å². The van der Waals surface area contributed by atoms with Crippen LogP contribution in [0, 0.1) is 18.7 Å². The molecule has 0 atom stereocenters. The summed E-state index contributed by atoms with van der Waals surface area (Å²) < 4.78 is 21.2. The van der Waals surface area contributed by atoms with Gasteiger partial charge in [0.2, 0.25) is 0 Å². The van der Waals surface area contributed by atoms with Gasteiger partial charge >= 0.3 is 0 Å². The van der Waals surface area contributed by atoms with Crippen molar-refractivity contribution in [2.24, 2.45) is 5.92 Å². The molecule has 0 bridgehead atoms. The van der Waals surface area contributed by atoms with Crippen molar-refractivity contribution in [1.29, 1.82) is 0 Å². The van der Waals surface area contributed by atoms with Gasteiger partial charge in [-0.1, -0.05) is 32.9 Å². The first kappa shape index (κ1) is 26.2. The van der Waals surface area contributed by atoms with Crippen molar-refractivity contribution in [2.75, 3.05) is 51.3 Å². The molecule has 6 nitrogen and oxygen atoms in total. The van der Waals surface area contributed by atoms with E-state index in [4.69, 9.17) is 9.84 Å². The van der Waals surface area contributed by atoms with Crippen LogP contribution in [0.3, 0.4) is 0 Å². The van der Waals surface area contributed by atoms with Crippen molar-refractivity contribution in [3.05, 3.63) is 71.2 Å². The summed E-state index contributed by atoms with van der Waals surface area (Å²) in [5, 5.41) is 4.98. The Bertz CT molecular complexity index is 1120. The molecular weight excluding hydrogens is 453 g/mol. The van der Waals surface area contributed by atoms with Crippen LogP contribution in [0.2, 0.25) is 0 Å². The van der Waals surface area contributed by atoms with Gasteiger partial charge in [-0.15, -0.1) is 0 Å². The van der Waals surface area contributed by atoms with E-state index >= 15 is 0 Å². The number of likely N-dealkylation sites (N-methyl/N-ethyl adjacent to an activating group) is 1. The van der Waals surface area contributed by atoms with Gasteiger partial charge in [-0.25, -0.2) is 9.07 Å². The van der Waals surface area contributed by atoms with Gasteiger partial charge in [0, 0.05) is 51.4 Å². The van der Waals surface area contributed by atoms with Crippen LogP contribution in [0.5, 0.6) is 5.75 Å². The third-order valence-corrected chi connectivity index (χ3v) is 6.89. The number of aryl methyl sites for hydroxylation is 1. The number of methoxy groups -OCH3 is 1. The Morgan fingerprint density at radius 2 is 1.75 bits per heavy atom. The highest BCUT2D eigenvalue weighted by Crippen LogP contribution is 2.30. The minimum atomic E-state index is -0.234. The summed E-state index contributed by atoms with van der Waals surface area (Å²) in [6, 6.07) is 15.0. The molecule has 0 unspecified atom stereocenters. The maximum absolute atomic E-state index is 13.7. The minimum absolute atomic E-state index is 0.234. The third kappa shape index (κ3) is 6.26. The Labute approximate surface area is 215 Å². The molecule has 194 valence electrons. The Kier molecular flexibility index (Phi) is 8.64. The third-order valence-electron chi connectivity index (χ3n) is 6.89. The number of benzene rings is 2. The normalized spacial score (nSPS) is 14.7. The Morgan fingerprint density at radius 1 is 1.03 bits per heavy atom. The number of aromatic nitrogens is 2. The number of anilines is 1. The summed E-state index contributed by atoms with van der Waals surface area (Å²) in [5.41, 5.74) is 4.39. The van der Waals surface area contributed by atoms with Gasteiger partial charge in [-0.2, -0.15) is 5.10 Å². The summed E-state index contributed by atoms with van der Waals surface area (Å²) in [6.45, 7) is 16.5. The maximum Gasteiger partial charge on any atom is 0.137 e. The van der Waals surface area contributed by atoms with Crippen LogP contribution in [0.1, 0.15) is 37.6 Å². The predicted octanol–water partition coefficient (Wildman–Crippen LogP) is 5.13. The van der Waals surface area contributed by atoms with Crippen molar-refractivity contribution in [2.45, 2.75) is 40.8 Å². The molecule has 7 heteroatoms. The van der Waals surface area contributed by atoms with Crippen LogP contribution in [0.4, 0.5) is 10.2 Å². The van der Waals surface area contributed by atoms with Gasteiger partial charge in [0.05, 0.1) is 18.5 Å². The van der Waals surface area contributed by atoms with E-state index in [1.165, 1.54) is 23.3 Å². The fourth-order valence-corrected chi connectivity index (χ4v) is 5.05. The molecule has 1 saturated heterocycles. The number of hydrogen-bond donors (Lipinski definition) is 0. The molecule has 0 aliphatic carbocycles. The van der Waals surface area contributed by atoms with Gasteiger partial charge in [0.1, 0.15) is 17.4 Å². The molecule has 36 heavy (non-hydrogen) atoms. The predicted molar refractivity (Wildman–Crippen MR) is 145 cm³/mol. The lowest BCUT2D eigenvalue weighted by molar-refractivity contribution is 0.226. The fourth-order valence-electron chi connectivity index (χ4n) is 5.05. The zero-order chi connectivity index (χ0) is 25.7. The van der Waals surface area contributed by atoms with E-state index in [9.17, 15) is 4.39 Å². The topological polar surface area (TPSA) is 36.8 Å². The highest BCUT2D eigenvalue weighted by atomic mass is 19.1. The number of rotatable bonds is 10. The largest absolute Gasteiger partial charge is 0.497 e. The summed E-state index contributed by atoms with van der Waals surface area (Å²) in [7, 11) is 1.71. The smallest absolute Gasteiger partial charge is 0.137 e. The molecule has 2 heterocycles. The van der Waals surface area contributed by atoms with Crippen molar-refractivity contribution in [3.63, 3.8) is 0 Å². The van der Waals surface area contributed by atoms with E-state index in [0.29, 0.717) is 5.92 Å². The number of nitrogens with zero attached hydrogens (tertiary/aromatic N) is 5. The van der Waals surface area contributed by atoms with Crippen LogP contribution in [-0.2, 0) is 13.1 Å². The summed E-state index contributed by atoms with van der Waals surface area (Å²) in [4.78, 5) is 7.45.